The van der Waals surface area contributed by atoms with E-state index < -0.39 is 0 Å². The van der Waals surface area contributed by atoms with E-state index in [4.69, 9.17) is 0 Å². The summed E-state index contributed by atoms with van der Waals surface area (Å²) in [6, 6.07) is 0. The maximum Gasteiger partial charge on any atom is 0 e. The van der Waals surface area contributed by atoms with E-state index in [0.29, 0.717) is 0 Å². The summed E-state index contributed by atoms with van der Waals surface area (Å²) in [5.41, 5.74) is 0. The third-order valence-corrected chi connectivity index (χ3v) is 2.49. The minimum Gasteiger partial charge on any atom is -0.854 e. The van der Waals surface area contributed by atoms with Crippen LogP contribution in [0.3, 0.4) is 0 Å². The fourth-order valence-corrected chi connectivity index (χ4v) is 0.722. The molecule has 0 aliphatic carbocycles. The van der Waals surface area contributed by atoms with Crippen molar-refractivity contribution in [3.05, 3.63) is 0 Å². The zero-order valence-electron chi connectivity index (χ0n) is 18.1. The van der Waals surface area contributed by atoms with Crippen LogP contribution in [0.2, 0.25) is 0 Å². The summed E-state index contributed by atoms with van der Waals surface area (Å²) in [5, 5.41) is 47.6. The number of unbranched alkanes of at least 4 members (excludes halogenated alkanes) is 5. The molecule has 0 aliphatic heterocycles. The van der Waals surface area contributed by atoms with E-state index in [1.54, 1.807) is 0 Å². The quantitative estimate of drug-likeness (QED) is 0.415. The molecule has 0 rings (SSSR count). The molecular formula is C20H45O5Sn-5. The SMILES string of the molecule is CCCC[O-].CCCC[O-].CCCC[O-].CCCC[O-].CCCC[O-].[Sn]. The Morgan fingerprint density at radius 1 is 0.346 bits per heavy atom. The molecule has 0 aromatic rings. The van der Waals surface area contributed by atoms with Crippen molar-refractivity contribution in [2.24, 2.45) is 0 Å². The normalized spacial score (nSPS) is 8.08. The molecule has 0 spiro atoms. The molecule has 0 atom stereocenters. The third-order valence-electron chi connectivity index (χ3n) is 2.49. The fourth-order valence-electron chi connectivity index (χ4n) is 0.722. The van der Waals surface area contributed by atoms with Crippen LogP contribution in [0.5, 0.6) is 0 Å². The van der Waals surface area contributed by atoms with Crippen molar-refractivity contribution in [2.45, 2.75) is 98.8 Å². The maximum absolute atomic E-state index is 9.53. The Morgan fingerprint density at radius 3 is 0.462 bits per heavy atom. The van der Waals surface area contributed by atoms with Crippen LogP contribution in [-0.4, -0.2) is 56.9 Å². The Bertz CT molecular complexity index is 96.5. The van der Waals surface area contributed by atoms with Crippen molar-refractivity contribution in [3.63, 3.8) is 0 Å². The summed E-state index contributed by atoms with van der Waals surface area (Å²) in [6.07, 6.45) is 9.32. The maximum atomic E-state index is 9.53. The van der Waals surface area contributed by atoms with Gasteiger partial charge in [0.25, 0.3) is 0 Å². The van der Waals surface area contributed by atoms with Crippen LogP contribution in [0, 0.1) is 0 Å². The first-order chi connectivity index (χ1) is 12.1. The predicted molar refractivity (Wildman–Crippen MR) is 105 cm³/mol. The average Bonchev–Trinajstić information content (AvgIpc) is 2.61. The van der Waals surface area contributed by atoms with Gasteiger partial charge in [0.2, 0.25) is 0 Å². The number of hydrogen-bond acceptors (Lipinski definition) is 5. The Morgan fingerprint density at radius 2 is 0.462 bits per heavy atom. The van der Waals surface area contributed by atoms with Gasteiger partial charge in [-0.2, -0.15) is 0 Å². The zero-order valence-corrected chi connectivity index (χ0v) is 21.0. The van der Waals surface area contributed by atoms with Crippen LogP contribution in [0.15, 0.2) is 0 Å². The van der Waals surface area contributed by atoms with E-state index in [0.717, 1.165) is 64.2 Å². The summed E-state index contributed by atoms with van der Waals surface area (Å²) in [7, 11) is 0. The first-order valence-electron chi connectivity index (χ1n) is 9.98. The van der Waals surface area contributed by atoms with E-state index in [1.807, 2.05) is 34.6 Å². The minimum absolute atomic E-state index is 0. The molecule has 0 fully saturated rings. The molecule has 0 aromatic heterocycles. The second kappa shape index (κ2) is 63.7. The molecule has 0 saturated carbocycles. The predicted octanol–water partition coefficient (Wildman–Crippen LogP) is 0.353. The standard InChI is InChI=1S/5C4H9O.Sn/c5*1-2-3-4-5;/h5*2-4H2,1H3;/q5*-1;. The van der Waals surface area contributed by atoms with E-state index in [9.17, 15) is 25.5 Å². The molecule has 0 aromatic carbocycles. The van der Waals surface area contributed by atoms with Crippen LogP contribution >= 0.6 is 0 Å². The van der Waals surface area contributed by atoms with Gasteiger partial charge in [-0.1, -0.05) is 98.8 Å². The molecule has 0 amide bonds. The van der Waals surface area contributed by atoms with Gasteiger partial charge in [0, 0.05) is 23.9 Å². The smallest absolute Gasteiger partial charge is 0 e. The van der Waals surface area contributed by atoms with E-state index in [1.165, 1.54) is 0 Å². The van der Waals surface area contributed by atoms with Gasteiger partial charge in [0.05, 0.1) is 0 Å². The second-order valence-corrected chi connectivity index (χ2v) is 5.29. The monoisotopic (exact) mass is 485 g/mol. The van der Waals surface area contributed by atoms with Crippen molar-refractivity contribution in [1.29, 1.82) is 0 Å². The minimum atomic E-state index is 0. The van der Waals surface area contributed by atoms with E-state index >= 15 is 0 Å². The Hall–Kier alpha value is 0.599. The van der Waals surface area contributed by atoms with Gasteiger partial charge in [-0.25, -0.2) is 0 Å². The van der Waals surface area contributed by atoms with Gasteiger partial charge in [0.1, 0.15) is 0 Å². The van der Waals surface area contributed by atoms with Crippen molar-refractivity contribution in [1.82, 2.24) is 0 Å². The van der Waals surface area contributed by atoms with Crippen LogP contribution in [0.4, 0.5) is 0 Å². The third kappa shape index (κ3) is 122. The van der Waals surface area contributed by atoms with Crippen molar-refractivity contribution in [2.75, 3.05) is 33.0 Å². The molecule has 26 heavy (non-hydrogen) atoms. The second-order valence-electron chi connectivity index (χ2n) is 5.29. The van der Waals surface area contributed by atoms with E-state index in [-0.39, 0.29) is 56.9 Å². The van der Waals surface area contributed by atoms with Crippen LogP contribution in [0.1, 0.15) is 98.8 Å². The first kappa shape index (κ1) is 41.1. The molecule has 164 valence electrons. The molecule has 4 radical (unpaired) electrons. The molecule has 0 saturated heterocycles. The first-order valence-corrected chi connectivity index (χ1v) is 9.98. The fraction of sp³-hybridized carbons (Fsp3) is 1.00. The summed E-state index contributed by atoms with van der Waals surface area (Å²) in [4.78, 5) is 0. The largest absolute Gasteiger partial charge is 0.854 e. The summed E-state index contributed by atoms with van der Waals surface area (Å²) in [5.74, 6) is 0. The summed E-state index contributed by atoms with van der Waals surface area (Å²) < 4.78 is 0. The van der Waals surface area contributed by atoms with Gasteiger partial charge in [0.15, 0.2) is 0 Å². The zero-order chi connectivity index (χ0) is 20.6. The Kier molecular flexibility index (Phi) is 101. The molecule has 0 unspecified atom stereocenters. The van der Waals surface area contributed by atoms with Gasteiger partial charge in [-0.15, -0.1) is 33.0 Å². The van der Waals surface area contributed by atoms with E-state index in [2.05, 4.69) is 0 Å². The molecule has 5 nitrogen and oxygen atoms in total. The van der Waals surface area contributed by atoms with Crippen LogP contribution in [0.25, 0.3) is 0 Å². The van der Waals surface area contributed by atoms with Crippen molar-refractivity contribution in [3.8, 4) is 0 Å². The van der Waals surface area contributed by atoms with Crippen molar-refractivity contribution >= 4 is 23.9 Å². The summed E-state index contributed by atoms with van der Waals surface area (Å²) >= 11 is 0. The topological polar surface area (TPSA) is 115 Å². The molecular weight excluding hydrogens is 439 g/mol. The number of rotatable bonds is 10. The summed E-state index contributed by atoms with van der Waals surface area (Å²) in [6.45, 7) is 10.5. The average molecular weight is 484 g/mol. The van der Waals surface area contributed by atoms with Crippen LogP contribution in [-0.2, 0) is 0 Å². The van der Waals surface area contributed by atoms with Crippen LogP contribution < -0.4 is 25.5 Å². The molecule has 0 bridgehead atoms. The van der Waals surface area contributed by atoms with Gasteiger partial charge >= 0.3 is 0 Å². The van der Waals surface area contributed by atoms with Gasteiger partial charge in [-0.3, -0.25) is 0 Å². The van der Waals surface area contributed by atoms with Gasteiger partial charge in [-0.05, 0) is 0 Å². The molecule has 6 heteroatoms. The molecule has 0 aliphatic rings. The van der Waals surface area contributed by atoms with Gasteiger partial charge < -0.3 is 25.5 Å². The molecule has 0 heterocycles. The molecule has 0 N–H and O–H groups in total. The number of hydrogen-bond donors (Lipinski definition) is 0. The van der Waals surface area contributed by atoms with Crippen molar-refractivity contribution < 1.29 is 25.5 Å². The Balaban J connectivity index is -0.0000000476. The Labute approximate surface area is 181 Å².